The number of aliphatic carboxylic acids is 1. The number of rotatable bonds is 9. The minimum absolute atomic E-state index is 0.00395. The van der Waals surface area contributed by atoms with E-state index in [1.807, 2.05) is 44.3 Å². The quantitative estimate of drug-likeness (QED) is 0.0877. The monoisotopic (exact) mass is 603 g/mol. The van der Waals surface area contributed by atoms with Crippen molar-refractivity contribution in [2.45, 2.75) is 69.7 Å². The van der Waals surface area contributed by atoms with E-state index in [1.54, 1.807) is 0 Å². The molecule has 3 unspecified atom stereocenters. The van der Waals surface area contributed by atoms with Gasteiger partial charge in [-0.15, -0.1) is 0 Å². The molecule has 0 saturated carbocycles. The van der Waals surface area contributed by atoms with Crippen LogP contribution >= 0.6 is 0 Å². The molecule has 0 spiro atoms. The standard InChI is InChI=1S/C28H45N9O6/c1-18-17-37(2)20(9-6-12-32-28(29)30)15-31-16-24(39)35-22(13-25(40)41)27(43)36-21(10-11-23(38)34-18)26(42)33-14-19-7-4-3-5-8-19/h3-5,7-8,18,20-22,31H,6,9-17H2,1-2H3,(H,33,42)(H,34,38)(H,35,39)(H,36,43)(H,40,41)(H4,29,30,32)/t18-,20?,21?,22?/m0/s1. The van der Waals surface area contributed by atoms with Crippen LogP contribution in [0.4, 0.5) is 0 Å². The first kappa shape index (κ1) is 35.0. The highest BCUT2D eigenvalue weighted by atomic mass is 16.4. The van der Waals surface area contributed by atoms with E-state index in [0.29, 0.717) is 32.5 Å². The van der Waals surface area contributed by atoms with Gasteiger partial charge in [-0.05, 0) is 38.8 Å². The van der Waals surface area contributed by atoms with Crippen LogP contribution in [-0.4, -0.2) is 103 Å². The molecular weight excluding hydrogens is 558 g/mol. The second kappa shape index (κ2) is 18.3. The number of aliphatic imine (C=N–C) groups is 1. The second-order valence-electron chi connectivity index (χ2n) is 10.7. The van der Waals surface area contributed by atoms with E-state index >= 15 is 0 Å². The molecule has 0 aromatic heterocycles. The largest absolute Gasteiger partial charge is 0.481 e. The lowest BCUT2D eigenvalue weighted by Gasteiger charge is -2.31. The lowest BCUT2D eigenvalue weighted by molar-refractivity contribution is -0.141. The first-order valence-corrected chi connectivity index (χ1v) is 14.3. The Hall–Kier alpha value is -4.24. The van der Waals surface area contributed by atoms with Crippen molar-refractivity contribution in [1.29, 1.82) is 0 Å². The van der Waals surface area contributed by atoms with Crippen molar-refractivity contribution in [2.24, 2.45) is 16.5 Å². The number of carbonyl (C=O) groups excluding carboxylic acids is 4. The summed E-state index contributed by atoms with van der Waals surface area (Å²) in [4.78, 5) is 69.3. The van der Waals surface area contributed by atoms with E-state index in [9.17, 15) is 29.1 Å². The van der Waals surface area contributed by atoms with Gasteiger partial charge in [0, 0.05) is 44.7 Å². The maximum absolute atomic E-state index is 13.1. The van der Waals surface area contributed by atoms with Gasteiger partial charge in [0.05, 0.1) is 13.0 Å². The van der Waals surface area contributed by atoms with Crippen molar-refractivity contribution in [2.75, 3.05) is 33.2 Å². The molecule has 10 N–H and O–H groups in total. The van der Waals surface area contributed by atoms with Crippen LogP contribution in [-0.2, 0) is 30.5 Å². The van der Waals surface area contributed by atoms with Crippen molar-refractivity contribution in [3.05, 3.63) is 35.9 Å². The van der Waals surface area contributed by atoms with E-state index in [2.05, 4.69) is 36.5 Å². The van der Waals surface area contributed by atoms with Crippen LogP contribution in [0, 0.1) is 0 Å². The van der Waals surface area contributed by atoms with Gasteiger partial charge in [0.25, 0.3) is 0 Å². The van der Waals surface area contributed by atoms with Crippen molar-refractivity contribution in [1.82, 2.24) is 31.5 Å². The van der Waals surface area contributed by atoms with E-state index in [-0.39, 0.29) is 49.9 Å². The molecule has 0 bridgehead atoms. The molecule has 1 heterocycles. The Morgan fingerprint density at radius 2 is 1.81 bits per heavy atom. The van der Waals surface area contributed by atoms with Crippen LogP contribution in [0.15, 0.2) is 35.3 Å². The zero-order valence-corrected chi connectivity index (χ0v) is 24.8. The maximum atomic E-state index is 13.1. The number of nitrogens with zero attached hydrogens (tertiary/aromatic N) is 2. The Balaban J connectivity index is 2.21. The highest BCUT2D eigenvalue weighted by Gasteiger charge is 2.29. The number of nitrogens with two attached hydrogens (primary N) is 2. The van der Waals surface area contributed by atoms with Gasteiger partial charge >= 0.3 is 5.97 Å². The number of hydrogen-bond donors (Lipinski definition) is 8. The fourth-order valence-corrected chi connectivity index (χ4v) is 4.69. The average molecular weight is 604 g/mol. The molecule has 43 heavy (non-hydrogen) atoms. The summed E-state index contributed by atoms with van der Waals surface area (Å²) in [6.07, 6.45) is 0.563. The Labute approximate surface area is 251 Å². The molecule has 1 aliphatic heterocycles. The van der Waals surface area contributed by atoms with E-state index in [0.717, 1.165) is 5.56 Å². The molecule has 1 saturated heterocycles. The number of guanidine groups is 1. The smallest absolute Gasteiger partial charge is 0.305 e. The van der Waals surface area contributed by atoms with E-state index in [4.69, 9.17) is 11.5 Å². The molecule has 0 aliphatic carbocycles. The molecule has 15 heteroatoms. The Morgan fingerprint density at radius 3 is 2.49 bits per heavy atom. The summed E-state index contributed by atoms with van der Waals surface area (Å²) in [5, 5.41) is 23.1. The first-order chi connectivity index (χ1) is 20.4. The Morgan fingerprint density at radius 1 is 1.09 bits per heavy atom. The third-order valence-electron chi connectivity index (χ3n) is 6.88. The van der Waals surface area contributed by atoms with Gasteiger partial charge in [0.1, 0.15) is 12.1 Å². The summed E-state index contributed by atoms with van der Waals surface area (Å²) in [5.74, 6) is -3.57. The van der Waals surface area contributed by atoms with E-state index in [1.165, 1.54) is 0 Å². The molecule has 4 atom stereocenters. The number of hydrogen-bond acceptors (Lipinski definition) is 8. The van der Waals surface area contributed by atoms with Crippen LogP contribution in [0.5, 0.6) is 0 Å². The van der Waals surface area contributed by atoms with Crippen molar-refractivity contribution in [3.8, 4) is 0 Å². The zero-order valence-electron chi connectivity index (χ0n) is 24.8. The fourth-order valence-electron chi connectivity index (χ4n) is 4.69. The second-order valence-corrected chi connectivity index (χ2v) is 10.7. The lowest BCUT2D eigenvalue weighted by atomic mass is 10.1. The molecule has 1 aliphatic rings. The molecule has 1 aromatic rings. The normalized spacial score (nSPS) is 23.2. The van der Waals surface area contributed by atoms with Crippen molar-refractivity contribution in [3.63, 3.8) is 0 Å². The van der Waals surface area contributed by atoms with Gasteiger partial charge in [0.2, 0.25) is 23.6 Å². The van der Waals surface area contributed by atoms with Gasteiger partial charge in [-0.2, -0.15) is 0 Å². The molecule has 0 radical (unpaired) electrons. The lowest BCUT2D eigenvalue weighted by Crippen LogP contribution is -2.55. The van der Waals surface area contributed by atoms with Crippen LogP contribution in [0.2, 0.25) is 0 Å². The number of carboxylic acid groups (broad SMARTS) is 1. The number of carboxylic acids is 1. The summed E-state index contributed by atoms with van der Waals surface area (Å²) in [5.41, 5.74) is 11.7. The van der Waals surface area contributed by atoms with Crippen LogP contribution < -0.4 is 38.1 Å². The summed E-state index contributed by atoms with van der Waals surface area (Å²) in [6, 6.07) is 6.28. The van der Waals surface area contributed by atoms with Gasteiger partial charge in [0.15, 0.2) is 5.96 Å². The molecule has 2 rings (SSSR count). The molecule has 1 aromatic carbocycles. The predicted octanol–water partition coefficient (Wildman–Crippen LogP) is -2.01. The predicted molar refractivity (Wildman–Crippen MR) is 160 cm³/mol. The maximum Gasteiger partial charge on any atom is 0.305 e. The highest BCUT2D eigenvalue weighted by Crippen LogP contribution is 2.08. The molecule has 4 amide bonds. The number of benzene rings is 1. The van der Waals surface area contributed by atoms with Crippen LogP contribution in [0.25, 0.3) is 0 Å². The molecule has 238 valence electrons. The van der Waals surface area contributed by atoms with Crippen molar-refractivity contribution >= 4 is 35.6 Å². The SMILES string of the molecule is C[C@H]1CN(C)C(CCCN=C(N)N)CNCC(=O)NC(CC(=O)O)C(=O)NC(C(=O)NCc2ccccc2)CCC(=O)N1. The third-order valence-corrected chi connectivity index (χ3v) is 6.88. The average Bonchev–Trinajstić information content (AvgIpc) is 2.94. The number of likely N-dealkylation sites (N-methyl/N-ethyl adjacent to an activating group) is 1. The van der Waals surface area contributed by atoms with Crippen LogP contribution in [0.3, 0.4) is 0 Å². The minimum Gasteiger partial charge on any atom is -0.481 e. The number of carbonyl (C=O) groups is 5. The molecule has 1 fully saturated rings. The van der Waals surface area contributed by atoms with E-state index < -0.39 is 42.2 Å². The van der Waals surface area contributed by atoms with Gasteiger partial charge < -0.3 is 48.1 Å². The summed E-state index contributed by atoms with van der Waals surface area (Å²) < 4.78 is 0. The topological polar surface area (TPSA) is 233 Å². The highest BCUT2D eigenvalue weighted by molar-refractivity contribution is 5.94. The van der Waals surface area contributed by atoms with Crippen molar-refractivity contribution < 1.29 is 29.1 Å². The van der Waals surface area contributed by atoms with Gasteiger partial charge in [-0.25, -0.2) is 0 Å². The minimum atomic E-state index is -1.43. The first-order valence-electron chi connectivity index (χ1n) is 14.3. The molecular formula is C28H45N9O6. The molecule has 15 nitrogen and oxygen atoms in total. The Kier molecular flexibility index (Phi) is 14.9. The number of amides is 4. The van der Waals surface area contributed by atoms with Gasteiger partial charge in [-0.3, -0.25) is 29.0 Å². The number of nitrogens with one attached hydrogen (secondary N) is 5. The Bertz CT molecular complexity index is 1110. The third kappa shape index (κ3) is 14.0. The summed E-state index contributed by atoms with van der Waals surface area (Å²) in [6.45, 7) is 3.22. The van der Waals surface area contributed by atoms with Crippen LogP contribution in [0.1, 0.15) is 44.6 Å². The summed E-state index contributed by atoms with van der Waals surface area (Å²) >= 11 is 0. The fraction of sp³-hybridized carbons (Fsp3) is 0.571. The summed E-state index contributed by atoms with van der Waals surface area (Å²) in [7, 11) is 1.91. The zero-order chi connectivity index (χ0) is 31.8. The van der Waals surface area contributed by atoms with Gasteiger partial charge in [-0.1, -0.05) is 30.3 Å².